The van der Waals surface area contributed by atoms with Crippen molar-refractivity contribution in [2.75, 3.05) is 7.11 Å². The summed E-state index contributed by atoms with van der Waals surface area (Å²) in [6.07, 6.45) is 7.07. The number of rotatable bonds is 2. The number of ether oxygens (including phenoxy) is 1. The van der Waals surface area contributed by atoms with Crippen LogP contribution >= 0.6 is 0 Å². The van der Waals surface area contributed by atoms with Crippen LogP contribution in [-0.2, 0) is 9.53 Å². The zero-order chi connectivity index (χ0) is 14.2. The first-order valence-corrected chi connectivity index (χ1v) is 6.50. The van der Waals surface area contributed by atoms with E-state index < -0.39 is 5.60 Å². The zero-order valence-corrected chi connectivity index (χ0v) is 12.7. The molecule has 2 heteroatoms. The summed E-state index contributed by atoms with van der Waals surface area (Å²) in [5.41, 5.74) is 0.491. The first kappa shape index (κ1) is 15.2. The Morgan fingerprint density at radius 1 is 1.22 bits per heavy atom. The number of aldehydes is 1. The predicted octanol–water partition coefficient (Wildman–Crippen LogP) is 3.78. The van der Waals surface area contributed by atoms with E-state index in [0.29, 0.717) is 0 Å². The fraction of sp³-hybridized carbons (Fsp3) is 0.688. The smallest absolute Gasteiger partial charge is 0.156 e. The summed E-state index contributed by atoms with van der Waals surface area (Å²) < 4.78 is 5.53. The first-order chi connectivity index (χ1) is 8.07. The van der Waals surface area contributed by atoms with E-state index in [1.54, 1.807) is 7.11 Å². The lowest BCUT2D eigenvalue weighted by Crippen LogP contribution is -2.47. The van der Waals surface area contributed by atoms with Gasteiger partial charge in [0, 0.05) is 13.0 Å². The molecular formula is C16H26O2. The maximum Gasteiger partial charge on any atom is 0.156 e. The van der Waals surface area contributed by atoms with Crippen molar-refractivity contribution in [1.29, 1.82) is 0 Å². The molecule has 0 saturated carbocycles. The lowest BCUT2D eigenvalue weighted by Gasteiger charge is -2.43. The lowest BCUT2D eigenvalue weighted by molar-refractivity contribution is -0.130. The highest BCUT2D eigenvalue weighted by molar-refractivity contribution is 5.69. The maximum atomic E-state index is 11.5. The molecule has 2 unspecified atom stereocenters. The topological polar surface area (TPSA) is 26.3 Å². The molecule has 0 aromatic carbocycles. The molecule has 2 nitrogen and oxygen atoms in total. The minimum atomic E-state index is -0.826. The van der Waals surface area contributed by atoms with Crippen LogP contribution in [0.2, 0.25) is 0 Å². The van der Waals surface area contributed by atoms with Gasteiger partial charge in [-0.3, -0.25) is 4.79 Å². The van der Waals surface area contributed by atoms with Crippen LogP contribution in [-0.4, -0.2) is 19.0 Å². The van der Waals surface area contributed by atoms with Crippen molar-refractivity contribution in [3.8, 4) is 0 Å². The molecule has 0 heterocycles. The maximum absolute atomic E-state index is 11.5. The van der Waals surface area contributed by atoms with E-state index in [-0.39, 0.29) is 16.7 Å². The average Bonchev–Trinajstić information content (AvgIpc) is 2.25. The van der Waals surface area contributed by atoms with Gasteiger partial charge in [-0.2, -0.15) is 0 Å². The quantitative estimate of drug-likeness (QED) is 0.697. The number of carbonyl (C=O) groups excluding carboxylic acids is 1. The molecular weight excluding hydrogens is 224 g/mol. The average molecular weight is 250 g/mol. The third-order valence-corrected chi connectivity index (χ3v) is 3.69. The Hall–Kier alpha value is -0.890. The standard InChI is InChI=1S/C16H26O2/c1-14(2,3)12-8-9-16(11-17,18-7)13(10-12)15(4,5)6/h8-11,13H,1-7H3. The summed E-state index contributed by atoms with van der Waals surface area (Å²) in [5.74, 6) is 0.0479. The van der Waals surface area contributed by atoms with Crippen molar-refractivity contribution in [3.63, 3.8) is 0 Å². The molecule has 1 rings (SSSR count). The molecule has 1 aliphatic carbocycles. The molecule has 0 aromatic heterocycles. The van der Waals surface area contributed by atoms with Gasteiger partial charge in [-0.25, -0.2) is 0 Å². The molecule has 0 aliphatic heterocycles. The molecule has 0 saturated heterocycles. The second-order valence-corrected chi connectivity index (χ2v) is 7.22. The molecule has 0 bridgehead atoms. The van der Waals surface area contributed by atoms with Crippen LogP contribution in [0, 0.1) is 16.7 Å². The van der Waals surface area contributed by atoms with E-state index in [4.69, 9.17) is 4.74 Å². The van der Waals surface area contributed by atoms with Crippen molar-refractivity contribution in [3.05, 3.63) is 23.8 Å². The lowest BCUT2D eigenvalue weighted by atomic mass is 9.66. The van der Waals surface area contributed by atoms with Crippen LogP contribution in [0.1, 0.15) is 41.5 Å². The summed E-state index contributed by atoms with van der Waals surface area (Å²) in [7, 11) is 1.60. The van der Waals surface area contributed by atoms with E-state index in [2.05, 4.69) is 47.6 Å². The van der Waals surface area contributed by atoms with E-state index >= 15 is 0 Å². The number of hydrogen-bond acceptors (Lipinski definition) is 2. The van der Waals surface area contributed by atoms with Crippen molar-refractivity contribution >= 4 is 6.29 Å². The van der Waals surface area contributed by atoms with Crippen molar-refractivity contribution in [1.82, 2.24) is 0 Å². The van der Waals surface area contributed by atoms with Crippen molar-refractivity contribution in [2.24, 2.45) is 16.7 Å². The summed E-state index contributed by atoms with van der Waals surface area (Å²) in [6.45, 7) is 13.0. The van der Waals surface area contributed by atoms with Gasteiger partial charge in [0.2, 0.25) is 0 Å². The SMILES string of the molecule is COC1(C=O)C=CC(C(C)(C)C)=CC1C(C)(C)C. The minimum Gasteiger partial charge on any atom is -0.366 e. The van der Waals surface area contributed by atoms with Gasteiger partial charge >= 0.3 is 0 Å². The van der Waals surface area contributed by atoms with E-state index in [9.17, 15) is 4.79 Å². The molecule has 2 atom stereocenters. The molecule has 1 aliphatic rings. The normalized spacial score (nSPS) is 29.1. The number of carbonyl (C=O) groups is 1. The van der Waals surface area contributed by atoms with Crippen LogP contribution < -0.4 is 0 Å². The highest BCUT2D eigenvalue weighted by Crippen LogP contribution is 2.43. The van der Waals surface area contributed by atoms with Gasteiger partial charge in [0.05, 0.1) is 0 Å². The van der Waals surface area contributed by atoms with Gasteiger partial charge in [-0.1, -0.05) is 53.7 Å². The highest BCUT2D eigenvalue weighted by atomic mass is 16.5. The third-order valence-electron chi connectivity index (χ3n) is 3.69. The number of allylic oxidation sites excluding steroid dienone is 2. The molecule has 0 N–H and O–H groups in total. The van der Waals surface area contributed by atoms with Gasteiger partial charge in [-0.05, 0) is 22.5 Å². The third kappa shape index (κ3) is 2.74. The molecule has 0 fully saturated rings. The van der Waals surface area contributed by atoms with E-state index in [1.165, 1.54) is 5.57 Å². The molecule has 18 heavy (non-hydrogen) atoms. The fourth-order valence-electron chi connectivity index (χ4n) is 2.47. The predicted molar refractivity (Wildman–Crippen MR) is 75.4 cm³/mol. The molecule has 0 radical (unpaired) electrons. The summed E-state index contributed by atoms with van der Waals surface area (Å²) in [4.78, 5) is 11.5. The van der Waals surface area contributed by atoms with Gasteiger partial charge in [0.25, 0.3) is 0 Å². The summed E-state index contributed by atoms with van der Waals surface area (Å²) in [6, 6.07) is 0. The second kappa shape index (κ2) is 4.65. The van der Waals surface area contributed by atoms with Gasteiger partial charge in [0.1, 0.15) is 5.60 Å². The number of hydrogen-bond donors (Lipinski definition) is 0. The van der Waals surface area contributed by atoms with Crippen LogP contribution in [0.25, 0.3) is 0 Å². The van der Waals surface area contributed by atoms with Gasteiger partial charge < -0.3 is 4.74 Å². The monoisotopic (exact) mass is 250 g/mol. The largest absolute Gasteiger partial charge is 0.366 e. The van der Waals surface area contributed by atoms with E-state index in [0.717, 1.165) is 6.29 Å². The highest BCUT2D eigenvalue weighted by Gasteiger charge is 2.44. The minimum absolute atomic E-state index is 0.0296. The van der Waals surface area contributed by atoms with Crippen LogP contribution in [0.15, 0.2) is 23.8 Å². The Bertz CT molecular complexity index is 377. The molecule has 102 valence electrons. The molecule has 0 aromatic rings. The Morgan fingerprint density at radius 3 is 2.11 bits per heavy atom. The van der Waals surface area contributed by atoms with Crippen LogP contribution in [0.3, 0.4) is 0 Å². The Labute approximate surface area is 111 Å². The van der Waals surface area contributed by atoms with Crippen LogP contribution in [0.5, 0.6) is 0 Å². The Kier molecular flexibility index (Phi) is 3.92. The Balaban J connectivity index is 3.30. The van der Waals surface area contributed by atoms with Gasteiger partial charge in [-0.15, -0.1) is 0 Å². The van der Waals surface area contributed by atoms with Crippen molar-refractivity contribution in [2.45, 2.75) is 47.1 Å². The molecule has 0 amide bonds. The summed E-state index contributed by atoms with van der Waals surface area (Å²) >= 11 is 0. The first-order valence-electron chi connectivity index (χ1n) is 6.50. The second-order valence-electron chi connectivity index (χ2n) is 7.22. The Morgan fingerprint density at radius 2 is 1.78 bits per heavy atom. The van der Waals surface area contributed by atoms with Gasteiger partial charge in [0.15, 0.2) is 6.29 Å². The fourth-order valence-corrected chi connectivity index (χ4v) is 2.47. The summed E-state index contributed by atoms with van der Waals surface area (Å²) in [5, 5.41) is 0. The van der Waals surface area contributed by atoms with Crippen molar-refractivity contribution < 1.29 is 9.53 Å². The molecule has 0 spiro atoms. The van der Waals surface area contributed by atoms with E-state index in [1.807, 2.05) is 12.2 Å². The zero-order valence-electron chi connectivity index (χ0n) is 12.7. The number of methoxy groups -OCH3 is 1. The van der Waals surface area contributed by atoms with Crippen LogP contribution in [0.4, 0.5) is 0 Å².